The average Bonchev–Trinajstić information content (AvgIpc) is 3.43. The molecular weight excluding hydrogens is 513 g/mol. The third-order valence-electron chi connectivity index (χ3n) is 8.64. The van der Waals surface area contributed by atoms with Crippen LogP contribution in [0.3, 0.4) is 0 Å². The lowest BCUT2D eigenvalue weighted by atomic mass is 9.90. The molecule has 0 aliphatic carbocycles. The number of thiophene rings is 1. The second kappa shape index (κ2) is 8.76. The van der Waals surface area contributed by atoms with Crippen LogP contribution in [0.5, 0.6) is 0 Å². The SMILES string of the molecule is c1cc(-c2ccc3c4ccccc4c4ccccc4c3c2)cc(-c2cc3sc4ccccc4c3c3ccccc23)c1. The first-order chi connectivity index (χ1) is 20.3. The normalized spacial score (nSPS) is 11.9. The van der Waals surface area contributed by atoms with Crippen LogP contribution in [-0.4, -0.2) is 0 Å². The fourth-order valence-electron chi connectivity index (χ4n) is 6.78. The third kappa shape index (κ3) is 3.40. The highest BCUT2D eigenvalue weighted by Crippen LogP contribution is 2.43. The maximum atomic E-state index is 2.40. The van der Waals surface area contributed by atoms with Gasteiger partial charge in [-0.25, -0.2) is 0 Å². The van der Waals surface area contributed by atoms with Crippen molar-refractivity contribution in [2.45, 2.75) is 0 Å². The summed E-state index contributed by atoms with van der Waals surface area (Å²) in [6.07, 6.45) is 0. The molecule has 1 aromatic heterocycles. The van der Waals surface area contributed by atoms with Crippen molar-refractivity contribution in [3.05, 3.63) is 146 Å². The van der Waals surface area contributed by atoms with Gasteiger partial charge in [-0.1, -0.05) is 121 Å². The van der Waals surface area contributed by atoms with Crippen LogP contribution < -0.4 is 0 Å². The lowest BCUT2D eigenvalue weighted by Crippen LogP contribution is -1.86. The Balaban J connectivity index is 1.27. The fraction of sp³-hybridized carbons (Fsp3) is 0. The van der Waals surface area contributed by atoms with Crippen LogP contribution in [0.2, 0.25) is 0 Å². The minimum absolute atomic E-state index is 1.24. The van der Waals surface area contributed by atoms with Crippen molar-refractivity contribution in [3.63, 3.8) is 0 Å². The van der Waals surface area contributed by atoms with Crippen molar-refractivity contribution < 1.29 is 0 Å². The molecule has 190 valence electrons. The van der Waals surface area contributed by atoms with E-state index in [1.165, 1.54) is 85.5 Å². The van der Waals surface area contributed by atoms with E-state index in [1.807, 2.05) is 11.3 Å². The van der Waals surface area contributed by atoms with E-state index in [4.69, 9.17) is 0 Å². The smallest absolute Gasteiger partial charge is 0.0368 e. The van der Waals surface area contributed by atoms with E-state index in [9.17, 15) is 0 Å². The summed E-state index contributed by atoms with van der Waals surface area (Å²) < 4.78 is 2.68. The van der Waals surface area contributed by atoms with Crippen LogP contribution in [-0.2, 0) is 0 Å². The number of rotatable bonds is 2. The fourth-order valence-corrected chi connectivity index (χ4v) is 7.94. The molecule has 0 unspecified atom stereocenters. The van der Waals surface area contributed by atoms with Gasteiger partial charge in [-0.15, -0.1) is 11.3 Å². The highest BCUT2D eigenvalue weighted by molar-refractivity contribution is 7.26. The summed E-state index contributed by atoms with van der Waals surface area (Å²) in [5.74, 6) is 0. The Morgan fingerprint density at radius 1 is 0.293 bits per heavy atom. The van der Waals surface area contributed by atoms with Crippen LogP contribution in [0.1, 0.15) is 0 Å². The van der Waals surface area contributed by atoms with E-state index in [-0.39, 0.29) is 0 Å². The predicted molar refractivity (Wildman–Crippen MR) is 180 cm³/mol. The van der Waals surface area contributed by atoms with E-state index in [1.54, 1.807) is 0 Å². The number of benzene rings is 8. The van der Waals surface area contributed by atoms with Crippen LogP contribution in [0.15, 0.2) is 146 Å². The number of hydrogen-bond acceptors (Lipinski definition) is 1. The van der Waals surface area contributed by atoms with Crippen LogP contribution in [0.25, 0.3) is 85.5 Å². The second-order valence-corrected chi connectivity index (χ2v) is 12.0. The topological polar surface area (TPSA) is 0 Å². The molecule has 0 nitrogen and oxygen atoms in total. The molecule has 1 heteroatoms. The van der Waals surface area contributed by atoms with E-state index < -0.39 is 0 Å². The lowest BCUT2D eigenvalue weighted by Gasteiger charge is -2.13. The van der Waals surface area contributed by atoms with Crippen molar-refractivity contribution >= 4 is 74.6 Å². The van der Waals surface area contributed by atoms with E-state index in [2.05, 4.69) is 146 Å². The van der Waals surface area contributed by atoms with Crippen LogP contribution in [0, 0.1) is 0 Å². The molecule has 9 rings (SSSR count). The summed E-state index contributed by atoms with van der Waals surface area (Å²) in [5, 5.41) is 13.2. The molecule has 0 bridgehead atoms. The van der Waals surface area contributed by atoms with E-state index in [0.717, 1.165) is 0 Å². The molecule has 0 N–H and O–H groups in total. The van der Waals surface area contributed by atoms with Crippen molar-refractivity contribution in [2.75, 3.05) is 0 Å². The molecule has 0 aliphatic rings. The van der Waals surface area contributed by atoms with Crippen molar-refractivity contribution in [1.29, 1.82) is 0 Å². The molecule has 0 radical (unpaired) electrons. The Kier molecular flexibility index (Phi) is 4.87. The molecule has 0 atom stereocenters. The standard InChI is InChI=1S/C40H24S/c1-2-14-30-28(12-1)29-13-3-4-15-31(29)37-23-26(20-21-33(30)37)25-10-9-11-27(22-25)36-24-39-40(34-17-6-5-16-32(34)36)35-18-7-8-19-38(35)41-39/h1-24H. The molecule has 0 amide bonds. The summed E-state index contributed by atoms with van der Waals surface area (Å²) in [5.41, 5.74) is 5.02. The van der Waals surface area contributed by atoms with Gasteiger partial charge in [-0.05, 0) is 89.6 Å². The Hall–Kier alpha value is -4.98. The van der Waals surface area contributed by atoms with Gasteiger partial charge in [0, 0.05) is 20.2 Å². The molecule has 9 aromatic rings. The summed E-state index contributed by atoms with van der Waals surface area (Å²) in [6, 6.07) is 53.7. The van der Waals surface area contributed by atoms with E-state index in [0.29, 0.717) is 0 Å². The second-order valence-electron chi connectivity index (χ2n) is 10.9. The lowest BCUT2D eigenvalue weighted by molar-refractivity contribution is 1.63. The first-order valence-electron chi connectivity index (χ1n) is 14.1. The van der Waals surface area contributed by atoms with Gasteiger partial charge in [0.1, 0.15) is 0 Å². The van der Waals surface area contributed by atoms with Gasteiger partial charge < -0.3 is 0 Å². The molecule has 0 fully saturated rings. The van der Waals surface area contributed by atoms with Crippen molar-refractivity contribution in [2.24, 2.45) is 0 Å². The molecule has 0 spiro atoms. The molecular formula is C40H24S. The van der Waals surface area contributed by atoms with E-state index >= 15 is 0 Å². The third-order valence-corrected chi connectivity index (χ3v) is 9.75. The average molecular weight is 537 g/mol. The van der Waals surface area contributed by atoms with Gasteiger partial charge in [-0.2, -0.15) is 0 Å². The summed E-state index contributed by atoms with van der Waals surface area (Å²) in [6.45, 7) is 0. The largest absolute Gasteiger partial charge is 0.135 e. The van der Waals surface area contributed by atoms with Gasteiger partial charge in [0.05, 0.1) is 0 Å². The Morgan fingerprint density at radius 3 is 1.56 bits per heavy atom. The maximum Gasteiger partial charge on any atom is 0.0368 e. The zero-order valence-corrected chi connectivity index (χ0v) is 23.1. The molecule has 41 heavy (non-hydrogen) atoms. The van der Waals surface area contributed by atoms with Gasteiger partial charge >= 0.3 is 0 Å². The number of fused-ring (bicyclic) bond motifs is 11. The van der Waals surface area contributed by atoms with Crippen molar-refractivity contribution in [1.82, 2.24) is 0 Å². The molecule has 1 heterocycles. The minimum Gasteiger partial charge on any atom is -0.135 e. The first-order valence-corrected chi connectivity index (χ1v) is 14.9. The molecule has 0 aliphatic heterocycles. The number of hydrogen-bond donors (Lipinski definition) is 0. The zero-order valence-electron chi connectivity index (χ0n) is 22.3. The molecule has 8 aromatic carbocycles. The molecule has 0 saturated heterocycles. The summed E-state index contributed by atoms with van der Waals surface area (Å²) in [4.78, 5) is 0. The quantitative estimate of drug-likeness (QED) is 0.193. The first kappa shape index (κ1) is 22.8. The van der Waals surface area contributed by atoms with Gasteiger partial charge in [0.15, 0.2) is 0 Å². The summed E-state index contributed by atoms with van der Waals surface area (Å²) >= 11 is 1.89. The maximum absolute atomic E-state index is 2.40. The highest BCUT2D eigenvalue weighted by atomic mass is 32.1. The Bertz CT molecular complexity index is 2440. The monoisotopic (exact) mass is 536 g/mol. The van der Waals surface area contributed by atoms with Crippen molar-refractivity contribution in [3.8, 4) is 22.3 Å². The highest BCUT2D eigenvalue weighted by Gasteiger charge is 2.14. The van der Waals surface area contributed by atoms with Gasteiger partial charge in [-0.3, -0.25) is 0 Å². The Labute approximate surface area is 241 Å². The minimum atomic E-state index is 1.24. The Morgan fingerprint density at radius 2 is 0.829 bits per heavy atom. The van der Waals surface area contributed by atoms with Crippen LogP contribution >= 0.6 is 11.3 Å². The molecule has 0 saturated carbocycles. The summed E-state index contributed by atoms with van der Waals surface area (Å²) in [7, 11) is 0. The van der Waals surface area contributed by atoms with Crippen LogP contribution in [0.4, 0.5) is 0 Å². The zero-order chi connectivity index (χ0) is 26.9. The van der Waals surface area contributed by atoms with Gasteiger partial charge in [0.25, 0.3) is 0 Å². The predicted octanol–water partition coefficient (Wildman–Crippen LogP) is 12.0. The van der Waals surface area contributed by atoms with Gasteiger partial charge in [0.2, 0.25) is 0 Å².